The summed E-state index contributed by atoms with van der Waals surface area (Å²) in [4.78, 5) is 27.8. The molecule has 0 radical (unpaired) electrons. The van der Waals surface area contributed by atoms with Crippen molar-refractivity contribution in [2.75, 3.05) is 36.9 Å². The van der Waals surface area contributed by atoms with Crippen LogP contribution in [0.2, 0.25) is 5.02 Å². The fraction of sp³-hybridized carbons (Fsp3) is 0.517. The van der Waals surface area contributed by atoms with Crippen LogP contribution in [-0.4, -0.2) is 52.2 Å². The Bertz CT molecular complexity index is 1410. The summed E-state index contributed by atoms with van der Waals surface area (Å²) < 4.78 is 33.7. The van der Waals surface area contributed by atoms with E-state index in [0.29, 0.717) is 30.6 Å². The third-order valence-electron chi connectivity index (χ3n) is 9.01. The Morgan fingerprint density at radius 2 is 1.87 bits per heavy atom. The number of nitrogens with zero attached hydrogens (tertiary/aromatic N) is 1. The molecule has 8 nitrogen and oxygen atoms in total. The van der Waals surface area contributed by atoms with E-state index in [1.165, 1.54) is 11.1 Å². The smallest absolute Gasteiger partial charge is 0.264 e. The van der Waals surface area contributed by atoms with E-state index < -0.39 is 15.9 Å². The van der Waals surface area contributed by atoms with Gasteiger partial charge in [-0.1, -0.05) is 17.7 Å². The van der Waals surface area contributed by atoms with Crippen LogP contribution in [0.1, 0.15) is 60.0 Å². The summed E-state index contributed by atoms with van der Waals surface area (Å²) in [5.41, 5.74) is 3.37. The summed E-state index contributed by atoms with van der Waals surface area (Å²) in [5.74, 6) is 0.363. The van der Waals surface area contributed by atoms with Gasteiger partial charge in [0.15, 0.2) is 0 Å². The van der Waals surface area contributed by atoms with Gasteiger partial charge in [-0.15, -0.1) is 0 Å². The number of carbonyl (C=O) groups is 2. The van der Waals surface area contributed by atoms with Gasteiger partial charge < -0.3 is 15.0 Å². The molecule has 1 saturated carbocycles. The first-order valence-corrected chi connectivity index (χ1v) is 15.9. The zero-order valence-corrected chi connectivity index (χ0v) is 23.5. The molecule has 2 aromatic rings. The minimum absolute atomic E-state index is 0.0316. The molecule has 39 heavy (non-hydrogen) atoms. The van der Waals surface area contributed by atoms with Crippen molar-refractivity contribution in [3.63, 3.8) is 0 Å². The molecule has 6 rings (SSSR count). The fourth-order valence-corrected chi connectivity index (χ4v) is 7.85. The van der Waals surface area contributed by atoms with Crippen LogP contribution < -0.4 is 19.7 Å². The second-order valence-electron chi connectivity index (χ2n) is 11.5. The Morgan fingerprint density at radius 1 is 1.03 bits per heavy atom. The molecule has 2 amide bonds. The van der Waals surface area contributed by atoms with E-state index in [0.717, 1.165) is 62.3 Å². The van der Waals surface area contributed by atoms with Gasteiger partial charge >= 0.3 is 0 Å². The van der Waals surface area contributed by atoms with Crippen LogP contribution in [0.15, 0.2) is 36.4 Å². The lowest BCUT2D eigenvalue weighted by Gasteiger charge is -2.44. The van der Waals surface area contributed by atoms with E-state index in [9.17, 15) is 18.0 Å². The molecule has 2 bridgehead atoms. The highest BCUT2D eigenvalue weighted by Crippen LogP contribution is 2.46. The lowest BCUT2D eigenvalue weighted by atomic mass is 9.69. The highest BCUT2D eigenvalue weighted by atomic mass is 35.5. The maximum atomic E-state index is 13.0. The largest absolute Gasteiger partial charge is 0.490 e. The molecule has 0 unspecified atom stereocenters. The number of aryl methyl sites for hydroxylation is 1. The Morgan fingerprint density at radius 3 is 2.69 bits per heavy atom. The van der Waals surface area contributed by atoms with E-state index in [1.54, 1.807) is 18.2 Å². The van der Waals surface area contributed by atoms with Gasteiger partial charge in [0.1, 0.15) is 5.75 Å². The number of anilines is 1. The first-order chi connectivity index (χ1) is 18.7. The van der Waals surface area contributed by atoms with Crippen molar-refractivity contribution in [1.82, 2.24) is 10.0 Å². The normalized spacial score (nSPS) is 28.6. The number of amides is 2. The molecular weight excluding hydrogens is 538 g/mol. The predicted molar refractivity (Wildman–Crippen MR) is 150 cm³/mol. The number of carbonyl (C=O) groups excluding carboxylic acids is 2. The number of benzene rings is 2. The molecule has 2 aromatic carbocycles. The van der Waals surface area contributed by atoms with Crippen LogP contribution in [0.25, 0.3) is 0 Å². The summed E-state index contributed by atoms with van der Waals surface area (Å²) in [6, 6.07) is 11.3. The van der Waals surface area contributed by atoms with Crippen LogP contribution in [-0.2, 0) is 26.7 Å². The highest BCUT2D eigenvalue weighted by molar-refractivity contribution is 7.90. The third kappa shape index (κ3) is 5.35. The van der Waals surface area contributed by atoms with E-state index in [2.05, 4.69) is 27.1 Å². The van der Waals surface area contributed by atoms with Crippen molar-refractivity contribution < 1.29 is 22.7 Å². The SMILES string of the molecule is O=C1CC[C@@H]2CC[C@H]2CN2C[C@@]3(CCCc4cc(Cl)ccc43)COc3ccc(cc32)C(=O)NS(=O)(=O)CCN1. The number of ether oxygens (including phenoxy) is 1. The van der Waals surface area contributed by atoms with Crippen LogP contribution in [0.4, 0.5) is 5.69 Å². The molecule has 10 heteroatoms. The second kappa shape index (κ2) is 10.3. The molecule has 3 atom stereocenters. The topological polar surface area (TPSA) is 105 Å². The number of fused-ring (bicyclic) bond motifs is 4. The molecule has 2 heterocycles. The quantitative estimate of drug-likeness (QED) is 0.498. The van der Waals surface area contributed by atoms with Crippen LogP contribution in [0, 0.1) is 11.8 Å². The van der Waals surface area contributed by atoms with E-state index in [4.69, 9.17) is 16.3 Å². The molecule has 2 N–H and O–H groups in total. The monoisotopic (exact) mass is 571 g/mol. The van der Waals surface area contributed by atoms with Crippen LogP contribution >= 0.6 is 11.6 Å². The van der Waals surface area contributed by atoms with Gasteiger partial charge in [-0.2, -0.15) is 0 Å². The van der Waals surface area contributed by atoms with Crippen molar-refractivity contribution in [1.29, 1.82) is 0 Å². The molecule has 1 spiro atoms. The highest BCUT2D eigenvalue weighted by Gasteiger charge is 2.43. The summed E-state index contributed by atoms with van der Waals surface area (Å²) in [6.07, 6.45) is 6.32. The average molecular weight is 572 g/mol. The van der Waals surface area contributed by atoms with Gasteiger partial charge in [-0.25, -0.2) is 13.1 Å². The lowest BCUT2D eigenvalue weighted by Crippen LogP contribution is -2.48. The Kier molecular flexibility index (Phi) is 7.00. The number of halogens is 1. The predicted octanol–water partition coefficient (Wildman–Crippen LogP) is 3.81. The van der Waals surface area contributed by atoms with Crippen molar-refractivity contribution in [2.45, 2.75) is 50.4 Å². The molecule has 4 aliphatic rings. The molecule has 208 valence electrons. The Labute approximate surface area is 234 Å². The molecular formula is C29H34ClN3O5S. The van der Waals surface area contributed by atoms with Crippen molar-refractivity contribution >= 4 is 39.1 Å². The van der Waals surface area contributed by atoms with E-state index in [1.807, 2.05) is 6.07 Å². The van der Waals surface area contributed by atoms with Crippen molar-refractivity contribution in [2.24, 2.45) is 11.8 Å². The number of nitrogens with one attached hydrogen (secondary N) is 2. The maximum Gasteiger partial charge on any atom is 0.264 e. The minimum atomic E-state index is -3.91. The lowest BCUT2D eigenvalue weighted by molar-refractivity contribution is -0.121. The van der Waals surface area contributed by atoms with Gasteiger partial charge in [0, 0.05) is 42.1 Å². The number of hydrogen-bond acceptors (Lipinski definition) is 6. The molecule has 2 aliphatic heterocycles. The van der Waals surface area contributed by atoms with E-state index in [-0.39, 0.29) is 29.2 Å². The van der Waals surface area contributed by atoms with Gasteiger partial charge in [0.05, 0.1) is 18.0 Å². The molecule has 0 saturated heterocycles. The standard InChI is InChI=1S/C29H34ClN3O5S/c30-23-7-8-24-20(14-23)2-1-11-29(24)17-33-16-22-4-3-19(22)6-10-27(34)31-12-13-39(36,37)32-28(35)21-5-9-26(38-18-29)25(33)15-21/h5,7-9,14-15,19,22H,1-4,6,10-13,16-18H2,(H,31,34)(H,32,35)/t19-,22-,29-/m0/s1. The van der Waals surface area contributed by atoms with Crippen molar-refractivity contribution in [3.05, 3.63) is 58.1 Å². The number of sulfonamides is 1. The van der Waals surface area contributed by atoms with Crippen molar-refractivity contribution in [3.8, 4) is 5.75 Å². The Balaban J connectivity index is 1.40. The van der Waals surface area contributed by atoms with E-state index >= 15 is 0 Å². The first kappa shape index (κ1) is 26.4. The average Bonchev–Trinajstić information content (AvgIpc) is 3.03. The Hall–Kier alpha value is -2.78. The molecule has 1 fully saturated rings. The third-order valence-corrected chi connectivity index (χ3v) is 10.5. The van der Waals surface area contributed by atoms with Gasteiger partial charge in [0.2, 0.25) is 15.9 Å². The van der Waals surface area contributed by atoms with Crippen LogP contribution in [0.5, 0.6) is 5.75 Å². The number of rotatable bonds is 0. The van der Waals surface area contributed by atoms with Gasteiger partial charge in [-0.3, -0.25) is 9.59 Å². The minimum Gasteiger partial charge on any atom is -0.490 e. The zero-order chi connectivity index (χ0) is 27.2. The van der Waals surface area contributed by atoms with Gasteiger partial charge in [0.25, 0.3) is 5.91 Å². The fourth-order valence-electron chi connectivity index (χ4n) is 6.78. The summed E-state index contributed by atoms with van der Waals surface area (Å²) in [7, 11) is -3.91. The first-order valence-electron chi connectivity index (χ1n) is 13.8. The zero-order valence-electron chi connectivity index (χ0n) is 21.9. The number of hydrogen-bond donors (Lipinski definition) is 2. The molecule has 0 aromatic heterocycles. The second-order valence-corrected chi connectivity index (χ2v) is 13.8. The summed E-state index contributed by atoms with van der Waals surface area (Å²) in [6.45, 7) is 1.99. The summed E-state index contributed by atoms with van der Waals surface area (Å²) >= 11 is 6.36. The van der Waals surface area contributed by atoms with Gasteiger partial charge in [-0.05, 0) is 91.8 Å². The maximum absolute atomic E-state index is 13.0. The summed E-state index contributed by atoms with van der Waals surface area (Å²) in [5, 5.41) is 3.43. The molecule has 2 aliphatic carbocycles. The van der Waals surface area contributed by atoms with Crippen LogP contribution in [0.3, 0.4) is 0 Å².